The van der Waals surface area contributed by atoms with Crippen molar-refractivity contribution in [1.29, 1.82) is 0 Å². The fourth-order valence-corrected chi connectivity index (χ4v) is 3.58. The van der Waals surface area contributed by atoms with E-state index in [0.717, 1.165) is 43.3 Å². The van der Waals surface area contributed by atoms with Gasteiger partial charge in [-0.2, -0.15) is 0 Å². The van der Waals surface area contributed by atoms with E-state index >= 15 is 0 Å². The van der Waals surface area contributed by atoms with E-state index in [1.165, 1.54) is 17.7 Å². The minimum absolute atomic E-state index is 0.0730. The molecule has 3 N–H and O–H groups in total. The molecule has 1 aliphatic rings. The molecule has 1 saturated heterocycles. The van der Waals surface area contributed by atoms with Crippen molar-refractivity contribution in [1.82, 2.24) is 9.88 Å². The lowest BCUT2D eigenvalue weighted by Crippen LogP contribution is -2.49. The van der Waals surface area contributed by atoms with E-state index < -0.39 is 6.04 Å². The summed E-state index contributed by atoms with van der Waals surface area (Å²) >= 11 is 0. The predicted molar refractivity (Wildman–Crippen MR) is 94.2 cm³/mol. The maximum atomic E-state index is 13.3. The van der Waals surface area contributed by atoms with Crippen molar-refractivity contribution >= 4 is 16.8 Å². The van der Waals surface area contributed by atoms with Crippen LogP contribution in [-0.4, -0.2) is 34.9 Å². The zero-order chi connectivity index (χ0) is 17.3. The molecule has 5 heteroatoms. The van der Waals surface area contributed by atoms with Gasteiger partial charge in [-0.05, 0) is 48.4 Å². The summed E-state index contributed by atoms with van der Waals surface area (Å²) in [5, 5.41) is 1.08. The Balaban J connectivity index is 1.67. The van der Waals surface area contributed by atoms with E-state index in [4.69, 9.17) is 5.73 Å². The molecule has 1 aliphatic heterocycles. The topological polar surface area (TPSA) is 62.1 Å². The Kier molecular flexibility index (Phi) is 4.90. The molecule has 3 rings (SSSR count). The van der Waals surface area contributed by atoms with Crippen LogP contribution < -0.4 is 5.73 Å². The predicted octanol–water partition coefficient (Wildman–Crippen LogP) is 3.39. The lowest BCUT2D eigenvalue weighted by Gasteiger charge is -2.34. The molecule has 130 valence electrons. The number of carbonyl (C=O) groups is 1. The molecule has 0 saturated carbocycles. The summed E-state index contributed by atoms with van der Waals surface area (Å²) in [6, 6.07) is 4.47. The number of rotatable bonds is 4. The number of hydrogen-bond donors (Lipinski definition) is 2. The summed E-state index contributed by atoms with van der Waals surface area (Å²) < 4.78 is 13.3. The highest BCUT2D eigenvalue weighted by molar-refractivity contribution is 5.84. The number of H-pyrrole nitrogens is 1. The highest BCUT2D eigenvalue weighted by atomic mass is 19.1. The molecule has 1 aromatic carbocycles. The van der Waals surface area contributed by atoms with Crippen molar-refractivity contribution < 1.29 is 9.18 Å². The molecular formula is C19H26FN3O. The third-order valence-corrected chi connectivity index (χ3v) is 5.46. The Morgan fingerprint density at radius 3 is 2.79 bits per heavy atom. The molecule has 2 atom stereocenters. The Morgan fingerprint density at radius 1 is 1.42 bits per heavy atom. The van der Waals surface area contributed by atoms with Gasteiger partial charge < -0.3 is 15.6 Å². The average molecular weight is 331 g/mol. The van der Waals surface area contributed by atoms with Gasteiger partial charge in [0.1, 0.15) is 5.82 Å². The number of halogens is 1. The summed E-state index contributed by atoms with van der Waals surface area (Å²) in [5.74, 6) is 0.450. The second kappa shape index (κ2) is 6.93. The SMILES string of the molecule is CCC(C)C(N)C(=O)N1CCC(c2c[nH]c3cc(F)ccc23)CC1. The molecule has 0 bridgehead atoms. The fraction of sp³-hybridized carbons (Fsp3) is 0.526. The number of nitrogens with zero attached hydrogens (tertiary/aromatic N) is 1. The molecule has 2 unspecified atom stereocenters. The van der Waals surface area contributed by atoms with Crippen molar-refractivity contribution in [3.63, 3.8) is 0 Å². The van der Waals surface area contributed by atoms with E-state index in [2.05, 4.69) is 11.9 Å². The molecule has 1 aromatic heterocycles. The molecule has 0 aliphatic carbocycles. The third kappa shape index (κ3) is 3.18. The number of likely N-dealkylation sites (tertiary alicyclic amines) is 1. The van der Waals surface area contributed by atoms with Crippen LogP contribution in [0.2, 0.25) is 0 Å². The number of nitrogens with two attached hydrogens (primary N) is 1. The molecule has 1 amide bonds. The molecular weight excluding hydrogens is 305 g/mol. The standard InChI is InChI=1S/C19H26FN3O/c1-3-12(2)18(21)19(24)23-8-6-13(7-9-23)16-11-22-17-10-14(20)4-5-15(16)17/h4-5,10-13,18,22H,3,6-9,21H2,1-2H3. The van der Waals surface area contributed by atoms with Crippen molar-refractivity contribution in [3.05, 3.63) is 35.8 Å². The number of fused-ring (bicyclic) bond motifs is 1. The molecule has 1 fully saturated rings. The number of amides is 1. The average Bonchev–Trinajstić information content (AvgIpc) is 3.02. The summed E-state index contributed by atoms with van der Waals surface area (Å²) in [6.07, 6.45) is 4.74. The van der Waals surface area contributed by atoms with Crippen LogP contribution in [0.1, 0.15) is 44.6 Å². The first-order valence-electron chi connectivity index (χ1n) is 8.82. The van der Waals surface area contributed by atoms with Crippen LogP contribution in [0.3, 0.4) is 0 Å². The largest absolute Gasteiger partial charge is 0.361 e. The summed E-state index contributed by atoms with van der Waals surface area (Å²) in [6.45, 7) is 5.56. The summed E-state index contributed by atoms with van der Waals surface area (Å²) in [4.78, 5) is 17.6. The van der Waals surface area contributed by atoms with Gasteiger partial charge in [0, 0.05) is 30.2 Å². The zero-order valence-corrected chi connectivity index (χ0v) is 14.4. The first-order chi connectivity index (χ1) is 11.5. The molecule has 2 heterocycles. The fourth-order valence-electron chi connectivity index (χ4n) is 3.58. The highest BCUT2D eigenvalue weighted by Crippen LogP contribution is 2.33. The molecule has 0 radical (unpaired) electrons. The number of hydrogen-bond acceptors (Lipinski definition) is 2. The van der Waals surface area contributed by atoms with E-state index in [0.29, 0.717) is 5.92 Å². The first kappa shape index (κ1) is 17.0. The van der Waals surface area contributed by atoms with E-state index in [1.54, 1.807) is 0 Å². The van der Waals surface area contributed by atoms with Gasteiger partial charge >= 0.3 is 0 Å². The second-order valence-electron chi connectivity index (χ2n) is 6.94. The van der Waals surface area contributed by atoms with Gasteiger partial charge in [0.05, 0.1) is 6.04 Å². The van der Waals surface area contributed by atoms with Crippen LogP contribution in [0.25, 0.3) is 10.9 Å². The van der Waals surface area contributed by atoms with Gasteiger partial charge in [0.15, 0.2) is 0 Å². The van der Waals surface area contributed by atoms with Crippen LogP contribution in [0.5, 0.6) is 0 Å². The van der Waals surface area contributed by atoms with Crippen LogP contribution >= 0.6 is 0 Å². The Hall–Kier alpha value is -1.88. The third-order valence-electron chi connectivity index (χ3n) is 5.46. The molecule has 2 aromatic rings. The number of aromatic amines is 1. The van der Waals surface area contributed by atoms with Crippen LogP contribution in [0.4, 0.5) is 4.39 Å². The lowest BCUT2D eigenvalue weighted by molar-refractivity contribution is -0.134. The number of carbonyl (C=O) groups excluding carboxylic acids is 1. The number of benzene rings is 1. The monoisotopic (exact) mass is 331 g/mol. The van der Waals surface area contributed by atoms with E-state index in [9.17, 15) is 9.18 Å². The van der Waals surface area contributed by atoms with Crippen molar-refractivity contribution in [2.24, 2.45) is 11.7 Å². The Labute approximate surface area is 142 Å². The van der Waals surface area contributed by atoms with Gasteiger partial charge in [-0.15, -0.1) is 0 Å². The van der Waals surface area contributed by atoms with Crippen LogP contribution in [-0.2, 0) is 4.79 Å². The highest BCUT2D eigenvalue weighted by Gasteiger charge is 2.29. The minimum atomic E-state index is -0.400. The van der Waals surface area contributed by atoms with Gasteiger partial charge in [-0.3, -0.25) is 4.79 Å². The van der Waals surface area contributed by atoms with Crippen molar-refractivity contribution in [3.8, 4) is 0 Å². The number of piperidine rings is 1. The molecule has 24 heavy (non-hydrogen) atoms. The van der Waals surface area contributed by atoms with Crippen molar-refractivity contribution in [2.45, 2.75) is 45.1 Å². The number of nitrogens with one attached hydrogen (secondary N) is 1. The van der Waals surface area contributed by atoms with Crippen molar-refractivity contribution in [2.75, 3.05) is 13.1 Å². The molecule has 0 spiro atoms. The summed E-state index contributed by atoms with van der Waals surface area (Å²) in [5.41, 5.74) is 8.15. The second-order valence-corrected chi connectivity index (χ2v) is 6.94. The van der Waals surface area contributed by atoms with E-state index in [-0.39, 0.29) is 17.6 Å². The van der Waals surface area contributed by atoms with Gasteiger partial charge in [0.25, 0.3) is 0 Å². The minimum Gasteiger partial charge on any atom is -0.361 e. The van der Waals surface area contributed by atoms with Gasteiger partial charge in [-0.1, -0.05) is 20.3 Å². The zero-order valence-electron chi connectivity index (χ0n) is 14.4. The summed E-state index contributed by atoms with van der Waals surface area (Å²) in [7, 11) is 0. The molecule has 4 nitrogen and oxygen atoms in total. The number of aromatic nitrogens is 1. The maximum absolute atomic E-state index is 13.3. The van der Waals surface area contributed by atoms with Crippen LogP contribution in [0, 0.1) is 11.7 Å². The smallest absolute Gasteiger partial charge is 0.239 e. The van der Waals surface area contributed by atoms with Gasteiger partial charge in [0.2, 0.25) is 5.91 Å². The Bertz CT molecular complexity index is 718. The maximum Gasteiger partial charge on any atom is 0.239 e. The lowest BCUT2D eigenvalue weighted by atomic mass is 9.88. The van der Waals surface area contributed by atoms with Gasteiger partial charge in [-0.25, -0.2) is 4.39 Å². The normalized spacial score (nSPS) is 18.8. The quantitative estimate of drug-likeness (QED) is 0.902. The van der Waals surface area contributed by atoms with E-state index in [1.807, 2.05) is 24.1 Å². The first-order valence-corrected chi connectivity index (χ1v) is 8.82. The van der Waals surface area contributed by atoms with Crippen LogP contribution in [0.15, 0.2) is 24.4 Å². The Morgan fingerprint density at radius 2 is 2.12 bits per heavy atom.